The van der Waals surface area contributed by atoms with Crippen molar-refractivity contribution in [3.05, 3.63) is 29.8 Å². The maximum atomic E-state index is 12.9. The van der Waals surface area contributed by atoms with Crippen LogP contribution in [0.5, 0.6) is 5.75 Å². The molecule has 0 radical (unpaired) electrons. The molecule has 0 unspecified atom stereocenters. The van der Waals surface area contributed by atoms with E-state index in [0.29, 0.717) is 32.5 Å². The molecule has 5 rings (SSSR count). The Kier molecular flexibility index (Phi) is 6.12. The topological polar surface area (TPSA) is 67.4 Å². The second-order valence-corrected chi connectivity index (χ2v) is 9.57. The third-order valence-corrected chi connectivity index (χ3v) is 7.07. The van der Waals surface area contributed by atoms with Gasteiger partial charge in [0.1, 0.15) is 12.4 Å². The van der Waals surface area contributed by atoms with Crippen LogP contribution in [0, 0.1) is 30.1 Å². The van der Waals surface area contributed by atoms with Gasteiger partial charge in [-0.15, -0.1) is 0 Å². The van der Waals surface area contributed by atoms with Crippen LogP contribution in [0.2, 0.25) is 0 Å². The summed E-state index contributed by atoms with van der Waals surface area (Å²) in [7, 11) is 0. The highest BCUT2D eigenvalue weighted by Gasteiger charge is 2.54. The lowest BCUT2D eigenvalue weighted by Crippen LogP contribution is -2.53. The van der Waals surface area contributed by atoms with Crippen LogP contribution in [0.25, 0.3) is 0 Å². The molecule has 1 aromatic rings. The van der Waals surface area contributed by atoms with E-state index in [2.05, 4.69) is 10.6 Å². The number of amides is 2. The Morgan fingerprint density at radius 1 is 1.03 bits per heavy atom. The van der Waals surface area contributed by atoms with Gasteiger partial charge in [0.25, 0.3) is 0 Å². The summed E-state index contributed by atoms with van der Waals surface area (Å²) >= 11 is 0. The predicted molar refractivity (Wildman–Crippen MR) is 113 cm³/mol. The Balaban J connectivity index is 1.09. The maximum absolute atomic E-state index is 12.9. The molecule has 0 spiro atoms. The van der Waals surface area contributed by atoms with Gasteiger partial charge in [-0.3, -0.25) is 9.59 Å². The molecule has 0 heterocycles. The molecule has 2 amide bonds. The van der Waals surface area contributed by atoms with E-state index in [1.54, 1.807) is 0 Å². The predicted octanol–water partition coefficient (Wildman–Crippen LogP) is 3.60. The molecule has 0 aromatic heterocycles. The van der Waals surface area contributed by atoms with Gasteiger partial charge < -0.3 is 15.4 Å². The van der Waals surface area contributed by atoms with Gasteiger partial charge in [0, 0.05) is 18.4 Å². The van der Waals surface area contributed by atoms with Crippen LogP contribution in [-0.2, 0) is 9.59 Å². The number of carbonyl (C=O) groups excluding carboxylic acids is 2. The van der Waals surface area contributed by atoms with Gasteiger partial charge in [-0.25, -0.2) is 0 Å². The van der Waals surface area contributed by atoms with Crippen LogP contribution in [0.4, 0.5) is 0 Å². The molecular formula is C24H34N2O3. The zero-order chi connectivity index (χ0) is 20.3. The van der Waals surface area contributed by atoms with Crippen molar-refractivity contribution >= 4 is 11.8 Å². The monoisotopic (exact) mass is 398 g/mol. The number of rotatable bonds is 9. The number of benzene rings is 1. The summed E-state index contributed by atoms with van der Waals surface area (Å²) in [5.74, 6) is 3.43. The summed E-state index contributed by atoms with van der Waals surface area (Å²) in [5, 5.41) is 6.03. The van der Waals surface area contributed by atoms with Crippen molar-refractivity contribution < 1.29 is 14.3 Å². The molecule has 5 heteroatoms. The highest BCUT2D eigenvalue weighted by atomic mass is 16.5. The van der Waals surface area contributed by atoms with Gasteiger partial charge in [0.05, 0.1) is 6.54 Å². The van der Waals surface area contributed by atoms with Gasteiger partial charge >= 0.3 is 0 Å². The van der Waals surface area contributed by atoms with Crippen molar-refractivity contribution in [2.24, 2.45) is 23.2 Å². The van der Waals surface area contributed by atoms with E-state index in [0.717, 1.165) is 48.3 Å². The Morgan fingerprint density at radius 3 is 2.38 bits per heavy atom. The van der Waals surface area contributed by atoms with Crippen molar-refractivity contribution in [2.45, 2.75) is 58.3 Å². The second-order valence-electron chi connectivity index (χ2n) is 9.57. The molecule has 0 saturated heterocycles. The zero-order valence-electron chi connectivity index (χ0n) is 17.5. The lowest BCUT2D eigenvalue weighted by Gasteiger charge is -2.55. The Labute approximate surface area is 174 Å². The number of carbonyl (C=O) groups is 2. The van der Waals surface area contributed by atoms with Crippen molar-refractivity contribution in [3.8, 4) is 5.75 Å². The summed E-state index contributed by atoms with van der Waals surface area (Å²) in [6, 6.07) is 7.88. The van der Waals surface area contributed by atoms with Gasteiger partial charge in [-0.05, 0) is 87.3 Å². The van der Waals surface area contributed by atoms with E-state index in [-0.39, 0.29) is 17.2 Å². The van der Waals surface area contributed by atoms with Crippen molar-refractivity contribution in [1.82, 2.24) is 10.6 Å². The molecule has 0 aliphatic heterocycles. The lowest BCUT2D eigenvalue weighted by atomic mass is 9.49. The smallest absolute Gasteiger partial charge is 0.226 e. The minimum Gasteiger partial charge on any atom is -0.492 e. The average molecular weight is 399 g/mol. The Hall–Kier alpha value is -2.04. The molecule has 4 saturated carbocycles. The Morgan fingerprint density at radius 2 is 1.72 bits per heavy atom. The first-order chi connectivity index (χ1) is 14.0. The summed E-state index contributed by atoms with van der Waals surface area (Å²) in [6.45, 7) is 3.56. The van der Waals surface area contributed by atoms with E-state index in [9.17, 15) is 9.59 Å². The molecule has 158 valence electrons. The SMILES string of the molecule is Cc1cccc(OCCNC(=O)CCCNC(=O)C23CC4CC(CC(C4)C2)C3)c1. The number of aryl methyl sites for hydroxylation is 1. The molecule has 4 aliphatic rings. The number of hydrogen-bond donors (Lipinski definition) is 2. The van der Waals surface area contributed by atoms with Crippen LogP contribution in [-0.4, -0.2) is 31.5 Å². The second kappa shape index (κ2) is 8.76. The van der Waals surface area contributed by atoms with E-state index in [1.165, 1.54) is 19.3 Å². The van der Waals surface area contributed by atoms with Crippen LogP contribution >= 0.6 is 0 Å². The van der Waals surface area contributed by atoms with E-state index < -0.39 is 0 Å². The summed E-state index contributed by atoms with van der Waals surface area (Å²) in [4.78, 5) is 24.9. The summed E-state index contributed by atoms with van der Waals surface area (Å²) in [6.07, 6.45) is 8.43. The number of hydrogen-bond acceptors (Lipinski definition) is 3. The fourth-order valence-electron chi connectivity index (χ4n) is 6.18. The first kappa shape index (κ1) is 20.2. The lowest BCUT2D eigenvalue weighted by molar-refractivity contribution is -0.146. The van der Waals surface area contributed by atoms with Crippen molar-refractivity contribution in [2.75, 3.05) is 19.7 Å². The van der Waals surface area contributed by atoms with Gasteiger partial charge in [0.2, 0.25) is 11.8 Å². The standard InChI is InChI=1S/C24H34N2O3/c1-17-4-2-5-21(10-17)29-9-8-25-22(27)6-3-7-26-23(28)24-14-18-11-19(15-24)13-20(12-18)16-24/h2,4-5,10,18-20H,3,6-9,11-16H2,1H3,(H,25,27)(H,26,28). The minimum absolute atomic E-state index is 0.0156. The quantitative estimate of drug-likeness (QED) is 0.625. The molecule has 2 N–H and O–H groups in total. The van der Waals surface area contributed by atoms with Crippen LogP contribution in [0.3, 0.4) is 0 Å². The normalized spacial score (nSPS) is 29.5. The number of nitrogens with one attached hydrogen (secondary N) is 2. The highest BCUT2D eigenvalue weighted by molar-refractivity contribution is 5.83. The fourth-order valence-corrected chi connectivity index (χ4v) is 6.18. The molecule has 29 heavy (non-hydrogen) atoms. The Bertz CT molecular complexity index is 710. The van der Waals surface area contributed by atoms with Crippen molar-refractivity contribution in [1.29, 1.82) is 0 Å². The van der Waals surface area contributed by atoms with E-state index in [1.807, 2.05) is 31.2 Å². The largest absolute Gasteiger partial charge is 0.492 e. The molecular weight excluding hydrogens is 364 g/mol. The van der Waals surface area contributed by atoms with Crippen LogP contribution in [0.1, 0.15) is 56.9 Å². The molecule has 4 aliphatic carbocycles. The van der Waals surface area contributed by atoms with Gasteiger partial charge in [0.15, 0.2) is 0 Å². The number of ether oxygens (including phenoxy) is 1. The first-order valence-electron chi connectivity index (χ1n) is 11.3. The first-order valence-corrected chi connectivity index (χ1v) is 11.3. The molecule has 0 atom stereocenters. The summed E-state index contributed by atoms with van der Waals surface area (Å²) < 4.78 is 5.64. The average Bonchev–Trinajstić information content (AvgIpc) is 2.67. The third kappa shape index (κ3) is 4.93. The third-order valence-electron chi connectivity index (χ3n) is 7.07. The molecule has 5 nitrogen and oxygen atoms in total. The molecule has 4 fully saturated rings. The zero-order valence-corrected chi connectivity index (χ0v) is 17.5. The van der Waals surface area contributed by atoms with E-state index >= 15 is 0 Å². The minimum atomic E-state index is -0.0931. The van der Waals surface area contributed by atoms with Crippen molar-refractivity contribution in [3.63, 3.8) is 0 Å². The van der Waals surface area contributed by atoms with Crippen LogP contribution < -0.4 is 15.4 Å². The van der Waals surface area contributed by atoms with Gasteiger partial charge in [-0.2, -0.15) is 0 Å². The van der Waals surface area contributed by atoms with E-state index in [4.69, 9.17) is 4.74 Å². The molecule has 1 aromatic carbocycles. The van der Waals surface area contributed by atoms with Crippen LogP contribution in [0.15, 0.2) is 24.3 Å². The van der Waals surface area contributed by atoms with Gasteiger partial charge in [-0.1, -0.05) is 12.1 Å². The highest BCUT2D eigenvalue weighted by Crippen LogP contribution is 2.60. The fraction of sp³-hybridized carbons (Fsp3) is 0.667. The summed E-state index contributed by atoms with van der Waals surface area (Å²) in [5.41, 5.74) is 1.06. The maximum Gasteiger partial charge on any atom is 0.226 e. The molecule has 4 bridgehead atoms.